The van der Waals surface area contributed by atoms with Crippen molar-refractivity contribution >= 4 is 361 Å². The lowest BCUT2D eigenvalue weighted by molar-refractivity contribution is 3.19. The summed E-state index contributed by atoms with van der Waals surface area (Å²) >= 11 is 0. The summed E-state index contributed by atoms with van der Waals surface area (Å²) in [5.74, 6) is 0. The quantitative estimate of drug-likeness (QED) is 0.105. The Morgan fingerprint density at radius 3 is 0.431 bits per heavy atom. The van der Waals surface area contributed by atoms with Crippen molar-refractivity contribution in [3.8, 4) is 0 Å². The van der Waals surface area contributed by atoms with Crippen LogP contribution >= 0.6 is 0 Å². The van der Waals surface area contributed by atoms with Crippen molar-refractivity contribution in [2.45, 2.75) is 0 Å². The Hall–Kier alpha value is 3.31. The van der Waals surface area contributed by atoms with Gasteiger partial charge < -0.3 is 0 Å². The molecule has 153 valence electrons. The molecule has 0 amide bonds. The lowest BCUT2D eigenvalue weighted by atomic mass is 8.24. The molecule has 0 aromatic carbocycles. The summed E-state index contributed by atoms with van der Waals surface area (Å²) in [7, 11) is 169. The molecule has 0 unspecified atom stereocenters. The highest BCUT2D eigenvalue weighted by Crippen LogP contribution is 2.22. The molecule has 0 bridgehead atoms. The van der Waals surface area contributed by atoms with Gasteiger partial charge in [-0.3, -0.25) is 0 Å². The SMILES string of the molecule is [B][B]B([B])B(B(B([B])[B])B([B])[B])B(B(B([B])[B])B([B])[B])B(B(B(B([B])[B])B([B])[B])B(B([B])[B])B([B])[B])B(B(B([B])[B])B([B])[B])B(B([B])[B])B([B])[B]. The lowest BCUT2D eigenvalue weighted by Crippen LogP contribution is -2.95. The van der Waals surface area contributed by atoms with E-state index in [1.807, 2.05) is 0 Å². The first-order valence-electron chi connectivity index (χ1n) is 16.7. The molecule has 0 spiro atoms. The van der Waals surface area contributed by atoms with Crippen LogP contribution in [0, 0.1) is 0 Å². The second-order valence-corrected chi connectivity index (χ2v) is 14.0. The molecule has 0 nitrogen and oxygen atoms in total. The number of rotatable bonds is 24. The summed E-state index contributed by atoms with van der Waals surface area (Å²) < 4.78 is 0. The van der Waals surface area contributed by atoms with Crippen LogP contribution in [-0.4, -0.2) is 361 Å². The van der Waals surface area contributed by atoms with E-state index in [2.05, 4.69) is 0 Å². The third-order valence-corrected chi connectivity index (χ3v) is 10.4. The Balaban J connectivity index is 9.62. The molecule has 51 heavy (non-hydrogen) atoms. The maximum atomic E-state index is 6.79. The van der Waals surface area contributed by atoms with Crippen LogP contribution in [0.2, 0.25) is 0 Å². The van der Waals surface area contributed by atoms with Gasteiger partial charge in [0.15, 0.2) is 0 Å². The lowest BCUT2D eigenvalue weighted by Gasteiger charge is -2.57. The fourth-order valence-electron chi connectivity index (χ4n) is 8.60. The Morgan fingerprint density at radius 2 is 0.294 bits per heavy atom. The third kappa shape index (κ3) is 14.8. The summed E-state index contributed by atoms with van der Waals surface area (Å²) in [4.78, 5) is 0. The van der Waals surface area contributed by atoms with Crippen molar-refractivity contribution < 1.29 is 0 Å². The highest BCUT2D eigenvalue weighted by molar-refractivity contribution is 8.35. The van der Waals surface area contributed by atoms with Gasteiger partial charge in [-0.1, -0.05) is 0 Å². The number of hydrogen-bond acceptors (Lipinski definition) is 0. The molecule has 0 atom stereocenters. The molecular weight excluding hydrogens is 551 g/mol. The Morgan fingerprint density at radius 1 is 0.176 bits per heavy atom. The van der Waals surface area contributed by atoms with Crippen LogP contribution in [0.1, 0.15) is 0 Å². The molecule has 0 saturated carbocycles. The summed E-state index contributed by atoms with van der Waals surface area (Å²) in [6.07, 6.45) is -30.7. The molecule has 0 aliphatic carbocycles. The molecule has 0 N–H and O–H groups in total. The van der Waals surface area contributed by atoms with Crippen molar-refractivity contribution in [2.24, 2.45) is 0 Å². The maximum Gasteiger partial charge on any atom is 0 e. The van der Waals surface area contributed by atoms with Crippen molar-refractivity contribution in [1.29, 1.82) is 0 Å². The van der Waals surface area contributed by atoms with Gasteiger partial charge >= 0.3 is 0 Å². The minimum Gasteiger partial charge on any atom is 0 e. The van der Waals surface area contributed by atoms with E-state index in [4.69, 9.17) is 201 Å². The summed E-state index contributed by atoms with van der Waals surface area (Å²) in [5.41, 5.74) is 0. The van der Waals surface area contributed by atoms with E-state index in [0.717, 1.165) is 7.06 Å². The minimum absolute atomic E-state index is 1.13. The fraction of sp³-hybridized carbons (Fsp3) is 0. The van der Waals surface area contributed by atoms with Crippen molar-refractivity contribution in [1.82, 2.24) is 0 Å². The zero-order valence-electron chi connectivity index (χ0n) is 29.4. The van der Waals surface area contributed by atoms with Crippen LogP contribution in [-0.2, 0) is 0 Å². The Kier molecular flexibility index (Phi) is 26.7. The van der Waals surface area contributed by atoms with Crippen LogP contribution < -0.4 is 0 Å². The average molecular weight is 551 g/mol. The van der Waals surface area contributed by atoms with Crippen molar-refractivity contribution in [3.05, 3.63) is 0 Å². The van der Waals surface area contributed by atoms with Crippen LogP contribution in [0.5, 0.6) is 0 Å². The zero-order valence-corrected chi connectivity index (χ0v) is 29.4. The molecule has 0 aromatic rings. The molecule has 53 radical (unpaired) electrons. The van der Waals surface area contributed by atoms with E-state index in [1.54, 1.807) is 0 Å². The van der Waals surface area contributed by atoms with E-state index in [-0.39, 0.29) is 0 Å². The molecule has 0 heterocycles. The molecule has 0 aliphatic heterocycles. The molecule has 0 aromatic heterocycles. The largest absolute Gasteiger partial charge is 0 e. The van der Waals surface area contributed by atoms with Gasteiger partial charge in [0.25, 0.3) is 0 Å². The minimum atomic E-state index is -1.36. The normalized spacial score (nSPS) is 9.65. The van der Waals surface area contributed by atoms with Gasteiger partial charge in [-0.05, 0) is 0 Å². The van der Waals surface area contributed by atoms with Crippen molar-refractivity contribution in [2.75, 3.05) is 0 Å². The van der Waals surface area contributed by atoms with Gasteiger partial charge in [0, 0.05) is 361 Å². The average Bonchev–Trinajstić information content (AvgIpc) is 2.92. The highest BCUT2D eigenvalue weighted by atomic mass is 13.4. The van der Waals surface area contributed by atoms with Gasteiger partial charge in [-0.25, -0.2) is 0 Å². The Bertz CT molecular complexity index is 748. The summed E-state index contributed by atoms with van der Waals surface area (Å²) in [6.45, 7) is 0. The molecular formula is B51. The van der Waals surface area contributed by atoms with E-state index in [9.17, 15) is 0 Å². The van der Waals surface area contributed by atoms with E-state index in [0.29, 0.717) is 0 Å². The van der Waals surface area contributed by atoms with E-state index in [1.165, 1.54) is 0 Å². The molecule has 51 heteroatoms. The molecule has 0 saturated heterocycles. The highest BCUT2D eigenvalue weighted by Gasteiger charge is 2.60. The smallest absolute Gasteiger partial charge is 0 e. The fourth-order valence-corrected chi connectivity index (χ4v) is 8.60. The van der Waals surface area contributed by atoms with E-state index < -0.39 is 153 Å². The van der Waals surface area contributed by atoms with Gasteiger partial charge in [-0.15, -0.1) is 0 Å². The Labute approximate surface area is 358 Å². The number of hydrogen-bond donors (Lipinski definition) is 0. The predicted octanol–water partition coefficient (Wildman–Crippen LogP) is -19.4. The zero-order chi connectivity index (χ0) is 40.6. The first-order valence-corrected chi connectivity index (χ1v) is 16.7. The standard InChI is InChI=1S/B51/c1-27-40(26)47(41(28(2)3)29(4)5)50(46(38(22)23)39(24)25)51(48(42(30(6)7)31(8)9)43(32(10)11)33(12)13)49(44(34(14)15)35(16)17)45(36(18)19)37(20)21. The monoisotopic (exact) mass is 561 g/mol. The molecule has 0 rings (SSSR count). The predicted molar refractivity (Wildman–Crippen MR) is 293 cm³/mol. The van der Waals surface area contributed by atoms with Crippen LogP contribution in [0.15, 0.2) is 0 Å². The van der Waals surface area contributed by atoms with Crippen molar-refractivity contribution in [3.63, 3.8) is 0 Å². The van der Waals surface area contributed by atoms with Crippen LogP contribution in [0.3, 0.4) is 0 Å². The summed E-state index contributed by atoms with van der Waals surface area (Å²) in [6, 6.07) is 0. The third-order valence-electron chi connectivity index (χ3n) is 10.4. The van der Waals surface area contributed by atoms with Crippen LogP contribution in [0.4, 0.5) is 0 Å². The second-order valence-electron chi connectivity index (χ2n) is 14.0. The van der Waals surface area contributed by atoms with Crippen LogP contribution in [0.25, 0.3) is 0 Å². The van der Waals surface area contributed by atoms with Gasteiger partial charge in [-0.2, -0.15) is 0 Å². The molecule has 0 fully saturated rings. The topological polar surface area (TPSA) is 0 Å². The first kappa shape index (κ1) is 54.3. The first-order chi connectivity index (χ1) is 23.2. The van der Waals surface area contributed by atoms with E-state index >= 15 is 0 Å². The van der Waals surface area contributed by atoms with Gasteiger partial charge in [0.2, 0.25) is 0 Å². The maximum absolute atomic E-state index is 6.79. The summed E-state index contributed by atoms with van der Waals surface area (Å²) in [5, 5.41) is 0. The van der Waals surface area contributed by atoms with Gasteiger partial charge in [0.05, 0.1) is 0 Å². The molecule has 0 aliphatic rings. The van der Waals surface area contributed by atoms with Gasteiger partial charge in [0.1, 0.15) is 0 Å². The second kappa shape index (κ2) is 25.1.